The van der Waals surface area contributed by atoms with Crippen LogP contribution in [0, 0.1) is 18.3 Å². The molecule has 0 spiro atoms. The molecule has 0 heterocycles. The zero-order chi connectivity index (χ0) is 24.6. The Morgan fingerprint density at radius 3 is 2.00 bits per heavy atom. The average molecular weight is 448 g/mol. The summed E-state index contributed by atoms with van der Waals surface area (Å²) >= 11 is 0. The van der Waals surface area contributed by atoms with Gasteiger partial charge < -0.3 is 21.1 Å². The Bertz CT molecular complexity index is 829. The fourth-order valence-electron chi connectivity index (χ4n) is 3.38. The molecule has 0 bridgehead atoms. The first-order chi connectivity index (χ1) is 14.7. The molecule has 1 aromatic carbocycles. The Kier molecular flexibility index (Phi) is 9.87. The highest BCUT2D eigenvalue weighted by molar-refractivity contribution is 5.93. The SMILES string of the molecule is CC(=O)N[C@@H](Cc1ccccc1C)C(=O)N[C@H](C(=O)N[C@@H](CC(C)C)C(=O)O)C(C)(C)C. The lowest BCUT2D eigenvalue weighted by Crippen LogP contribution is -2.60. The molecule has 0 radical (unpaired) electrons. The van der Waals surface area contributed by atoms with Gasteiger partial charge in [0.25, 0.3) is 0 Å². The summed E-state index contributed by atoms with van der Waals surface area (Å²) in [5.74, 6) is -2.50. The second-order valence-electron chi connectivity index (χ2n) is 9.72. The lowest BCUT2D eigenvalue weighted by atomic mass is 9.85. The zero-order valence-corrected chi connectivity index (χ0v) is 20.1. The molecule has 0 unspecified atom stereocenters. The predicted octanol–water partition coefficient (Wildman–Crippen LogP) is 2.19. The maximum absolute atomic E-state index is 13.1. The first-order valence-corrected chi connectivity index (χ1v) is 10.9. The number of hydrogen-bond acceptors (Lipinski definition) is 4. The average Bonchev–Trinajstić information content (AvgIpc) is 2.64. The van der Waals surface area contributed by atoms with Gasteiger partial charge in [-0.1, -0.05) is 58.9 Å². The van der Waals surface area contributed by atoms with E-state index in [-0.39, 0.29) is 24.7 Å². The molecule has 4 N–H and O–H groups in total. The van der Waals surface area contributed by atoms with Crippen molar-refractivity contribution in [2.24, 2.45) is 11.3 Å². The number of carboxylic acid groups (broad SMARTS) is 1. The summed E-state index contributed by atoms with van der Waals surface area (Å²) in [6, 6.07) is 4.63. The second kappa shape index (κ2) is 11.6. The van der Waals surface area contributed by atoms with E-state index in [1.165, 1.54) is 6.92 Å². The summed E-state index contributed by atoms with van der Waals surface area (Å²) < 4.78 is 0. The van der Waals surface area contributed by atoms with Crippen LogP contribution >= 0.6 is 0 Å². The van der Waals surface area contributed by atoms with Gasteiger partial charge in [0.05, 0.1) is 0 Å². The lowest BCUT2D eigenvalue weighted by Gasteiger charge is -2.33. The van der Waals surface area contributed by atoms with Crippen molar-refractivity contribution in [3.8, 4) is 0 Å². The van der Waals surface area contributed by atoms with Crippen LogP contribution in [0.2, 0.25) is 0 Å². The number of hydrogen-bond donors (Lipinski definition) is 4. The van der Waals surface area contributed by atoms with E-state index >= 15 is 0 Å². The molecule has 0 saturated carbocycles. The summed E-state index contributed by atoms with van der Waals surface area (Å²) in [4.78, 5) is 49.5. The first kappa shape index (κ1) is 27.1. The minimum absolute atomic E-state index is 0.0670. The number of rotatable bonds is 10. The molecule has 0 fully saturated rings. The van der Waals surface area contributed by atoms with Gasteiger partial charge in [-0.05, 0) is 35.8 Å². The van der Waals surface area contributed by atoms with Gasteiger partial charge in [-0.3, -0.25) is 14.4 Å². The van der Waals surface area contributed by atoms with Crippen molar-refractivity contribution >= 4 is 23.7 Å². The van der Waals surface area contributed by atoms with Crippen molar-refractivity contribution in [3.63, 3.8) is 0 Å². The monoisotopic (exact) mass is 447 g/mol. The van der Waals surface area contributed by atoms with Crippen LogP contribution < -0.4 is 16.0 Å². The third-order valence-corrected chi connectivity index (χ3v) is 5.12. The summed E-state index contributed by atoms with van der Waals surface area (Å²) in [6.07, 6.45) is 0.537. The van der Waals surface area contributed by atoms with Crippen LogP contribution in [-0.4, -0.2) is 46.9 Å². The smallest absolute Gasteiger partial charge is 0.326 e. The van der Waals surface area contributed by atoms with Gasteiger partial charge in [0.15, 0.2) is 0 Å². The van der Waals surface area contributed by atoms with Crippen LogP contribution in [-0.2, 0) is 25.6 Å². The van der Waals surface area contributed by atoms with E-state index in [0.29, 0.717) is 0 Å². The van der Waals surface area contributed by atoms with Crippen molar-refractivity contribution in [3.05, 3.63) is 35.4 Å². The topological polar surface area (TPSA) is 125 Å². The molecule has 8 heteroatoms. The molecule has 3 atom stereocenters. The van der Waals surface area contributed by atoms with Crippen molar-refractivity contribution in [1.82, 2.24) is 16.0 Å². The number of carboxylic acids is 1. The Labute approximate surface area is 190 Å². The number of amides is 3. The molecular formula is C24H37N3O5. The molecule has 32 heavy (non-hydrogen) atoms. The quantitative estimate of drug-likeness (QED) is 0.438. The van der Waals surface area contributed by atoms with Crippen molar-refractivity contribution < 1.29 is 24.3 Å². The normalized spacial score (nSPS) is 14.2. The van der Waals surface area contributed by atoms with E-state index in [0.717, 1.165) is 11.1 Å². The molecule has 0 saturated heterocycles. The van der Waals surface area contributed by atoms with Gasteiger partial charge in [-0.2, -0.15) is 0 Å². The summed E-state index contributed by atoms with van der Waals surface area (Å²) in [6.45, 7) is 12.3. The summed E-state index contributed by atoms with van der Waals surface area (Å²) in [7, 11) is 0. The van der Waals surface area contributed by atoms with Crippen LogP contribution in [0.25, 0.3) is 0 Å². The molecule has 0 aliphatic carbocycles. The Hall–Kier alpha value is -2.90. The van der Waals surface area contributed by atoms with Gasteiger partial charge in [-0.15, -0.1) is 0 Å². The molecule has 8 nitrogen and oxygen atoms in total. The Balaban J connectivity index is 3.09. The molecule has 1 rings (SSSR count). The zero-order valence-electron chi connectivity index (χ0n) is 20.1. The molecule has 0 aliphatic rings. The molecule has 0 aliphatic heterocycles. The van der Waals surface area contributed by atoms with E-state index in [9.17, 15) is 24.3 Å². The van der Waals surface area contributed by atoms with Gasteiger partial charge in [0.1, 0.15) is 18.1 Å². The van der Waals surface area contributed by atoms with Crippen LogP contribution in [0.4, 0.5) is 0 Å². The van der Waals surface area contributed by atoms with E-state index in [1.54, 1.807) is 20.8 Å². The second-order valence-corrected chi connectivity index (χ2v) is 9.72. The van der Waals surface area contributed by atoms with Crippen molar-refractivity contribution in [1.29, 1.82) is 0 Å². The van der Waals surface area contributed by atoms with Crippen LogP contribution in [0.5, 0.6) is 0 Å². The summed E-state index contributed by atoms with van der Waals surface area (Å²) in [5, 5.41) is 17.4. The van der Waals surface area contributed by atoms with E-state index in [1.807, 2.05) is 45.0 Å². The fourth-order valence-corrected chi connectivity index (χ4v) is 3.38. The van der Waals surface area contributed by atoms with E-state index < -0.39 is 41.3 Å². The third kappa shape index (κ3) is 8.69. The van der Waals surface area contributed by atoms with Gasteiger partial charge in [-0.25, -0.2) is 4.79 Å². The number of aliphatic carboxylic acids is 1. The third-order valence-electron chi connectivity index (χ3n) is 5.12. The molecule has 0 aromatic heterocycles. The van der Waals surface area contributed by atoms with Crippen LogP contribution in [0.3, 0.4) is 0 Å². The highest BCUT2D eigenvalue weighted by Gasteiger charge is 2.36. The minimum atomic E-state index is -1.12. The maximum Gasteiger partial charge on any atom is 0.326 e. The van der Waals surface area contributed by atoms with Gasteiger partial charge in [0, 0.05) is 13.3 Å². The highest BCUT2D eigenvalue weighted by Crippen LogP contribution is 2.21. The van der Waals surface area contributed by atoms with Crippen LogP contribution in [0.1, 0.15) is 59.1 Å². The summed E-state index contributed by atoms with van der Waals surface area (Å²) in [5.41, 5.74) is 1.20. The number of carbonyl (C=O) groups is 4. The number of aryl methyl sites for hydroxylation is 1. The van der Waals surface area contributed by atoms with E-state index in [2.05, 4.69) is 16.0 Å². The largest absolute Gasteiger partial charge is 0.480 e. The van der Waals surface area contributed by atoms with Gasteiger partial charge in [0.2, 0.25) is 17.7 Å². The standard InChI is InChI=1S/C24H37N3O5/c1-14(2)12-19(23(31)32)26-22(30)20(24(5,6)7)27-21(29)18(25-16(4)28)13-17-11-9-8-10-15(17)3/h8-11,14,18-20H,12-13H2,1-7H3,(H,25,28)(H,26,30)(H,27,29)(H,31,32)/t18-,19-,20+/m0/s1. The Morgan fingerprint density at radius 1 is 0.938 bits per heavy atom. The maximum atomic E-state index is 13.1. The molecule has 3 amide bonds. The Morgan fingerprint density at radius 2 is 1.53 bits per heavy atom. The highest BCUT2D eigenvalue weighted by atomic mass is 16.4. The van der Waals surface area contributed by atoms with E-state index in [4.69, 9.17) is 0 Å². The number of carbonyl (C=O) groups excluding carboxylic acids is 3. The minimum Gasteiger partial charge on any atom is -0.480 e. The van der Waals surface area contributed by atoms with Crippen molar-refractivity contribution in [2.75, 3.05) is 0 Å². The molecule has 1 aromatic rings. The fraction of sp³-hybridized carbons (Fsp3) is 0.583. The van der Waals surface area contributed by atoms with Gasteiger partial charge >= 0.3 is 5.97 Å². The first-order valence-electron chi connectivity index (χ1n) is 10.9. The van der Waals surface area contributed by atoms with Crippen molar-refractivity contribution in [2.45, 2.75) is 79.4 Å². The number of nitrogens with one attached hydrogen (secondary N) is 3. The lowest BCUT2D eigenvalue weighted by molar-refractivity contribution is -0.143. The predicted molar refractivity (Wildman–Crippen MR) is 123 cm³/mol. The molecular weight excluding hydrogens is 410 g/mol. The molecule has 178 valence electrons. The van der Waals surface area contributed by atoms with Crippen LogP contribution in [0.15, 0.2) is 24.3 Å². The number of benzene rings is 1.